The fraction of sp³-hybridized carbons (Fsp3) is 0.383. The van der Waals surface area contributed by atoms with Gasteiger partial charge in [-0.05, 0) is 71.6 Å². The van der Waals surface area contributed by atoms with E-state index in [0.29, 0.717) is 49.2 Å². The lowest BCUT2D eigenvalue weighted by molar-refractivity contribution is -0.131. The molecule has 3 atom stereocenters. The van der Waals surface area contributed by atoms with Crippen molar-refractivity contribution in [3.05, 3.63) is 130 Å². The number of likely N-dealkylation sites (tertiary alicyclic amines) is 1. The van der Waals surface area contributed by atoms with Crippen LogP contribution in [0.15, 0.2) is 108 Å². The predicted molar refractivity (Wildman–Crippen MR) is 231 cm³/mol. The van der Waals surface area contributed by atoms with Gasteiger partial charge in [-0.2, -0.15) is 0 Å². The van der Waals surface area contributed by atoms with Gasteiger partial charge in [0.05, 0.1) is 44.1 Å². The maximum absolute atomic E-state index is 12.5. The highest BCUT2D eigenvalue weighted by molar-refractivity contribution is 5.91. The molecule has 2 heterocycles. The topological polar surface area (TPSA) is 156 Å². The Morgan fingerprint density at radius 2 is 1.66 bits per heavy atom. The van der Waals surface area contributed by atoms with Crippen molar-refractivity contribution < 1.29 is 29.3 Å². The van der Waals surface area contributed by atoms with Gasteiger partial charge in [-0.3, -0.25) is 19.8 Å². The normalized spacial score (nSPS) is 16.5. The number of aliphatic hydroxyl groups is 1. The number of aromatic nitrogens is 1. The number of H-pyrrole nitrogens is 1. The number of hydrogen-bond donors (Lipinski definition) is 5. The highest BCUT2D eigenvalue weighted by atomic mass is 16.5. The summed E-state index contributed by atoms with van der Waals surface area (Å²) >= 11 is 0. The Morgan fingerprint density at radius 1 is 0.915 bits per heavy atom. The molecule has 312 valence electrons. The molecule has 2 fully saturated rings. The predicted octanol–water partition coefficient (Wildman–Crippen LogP) is 6.73. The fourth-order valence-corrected chi connectivity index (χ4v) is 8.14. The summed E-state index contributed by atoms with van der Waals surface area (Å²) in [7, 11) is 3.11. The van der Waals surface area contributed by atoms with E-state index in [1.54, 1.807) is 24.1 Å². The number of methoxy groups -OCH3 is 1. The lowest BCUT2D eigenvalue weighted by Gasteiger charge is -2.19. The summed E-state index contributed by atoms with van der Waals surface area (Å²) in [5, 5.41) is 27.2. The molecular weight excluding hydrogens is 747 g/mol. The molecule has 7 rings (SSSR count). The van der Waals surface area contributed by atoms with Crippen molar-refractivity contribution in [3.63, 3.8) is 0 Å². The van der Waals surface area contributed by atoms with Crippen molar-refractivity contribution in [2.45, 2.75) is 44.8 Å². The second kappa shape index (κ2) is 21.5. The smallest absolute Gasteiger partial charge is 0.411 e. The van der Waals surface area contributed by atoms with Crippen LogP contribution in [0, 0.1) is 11.8 Å². The Kier molecular flexibility index (Phi) is 15.7. The third kappa shape index (κ3) is 12.2. The van der Waals surface area contributed by atoms with E-state index in [9.17, 15) is 24.6 Å². The molecular formula is C47H57N5O7. The van der Waals surface area contributed by atoms with Gasteiger partial charge in [-0.25, -0.2) is 4.79 Å². The molecule has 4 aromatic carbocycles. The van der Waals surface area contributed by atoms with Crippen LogP contribution in [-0.4, -0.2) is 97.1 Å². The first-order valence-corrected chi connectivity index (χ1v) is 20.5. The van der Waals surface area contributed by atoms with Crippen LogP contribution in [0.1, 0.15) is 48.5 Å². The number of carbonyl (C=O) groups excluding carboxylic acids is 2. The highest BCUT2D eigenvalue weighted by Crippen LogP contribution is 2.38. The van der Waals surface area contributed by atoms with Gasteiger partial charge >= 0.3 is 6.09 Å². The number of ether oxygens (including phenoxy) is 2. The third-order valence-corrected chi connectivity index (χ3v) is 11.3. The number of nitrogens with one attached hydrogen (secondary N) is 3. The van der Waals surface area contributed by atoms with Crippen LogP contribution in [0.2, 0.25) is 0 Å². The van der Waals surface area contributed by atoms with Crippen molar-refractivity contribution in [2.75, 3.05) is 65.4 Å². The standard InChI is InChI=1S/C33H44N4O5.C14H13NO2/c1-36(15-14-34-19-30(39)27-8-10-29(38)33-28(27)9-11-31(40)35-33)32(41)13-17-42-16-12-23-4-2-5-24(18-23)20-37-21-25-6-3-7-26(25)22-37;1-17-14(16)15-13-10-6-5-9-12(13)11-7-3-2-4-8-11/h2,4-5,8-11,18,25-26,30,34,38-39H,3,6-7,12-17,19-22H2,1H3,(H,35,40);2-10H,1H3,(H,15,16). The van der Waals surface area contributed by atoms with E-state index in [-0.39, 0.29) is 23.8 Å². The Morgan fingerprint density at radius 3 is 2.44 bits per heavy atom. The molecule has 0 spiro atoms. The van der Waals surface area contributed by atoms with Gasteiger partial charge in [0.2, 0.25) is 11.5 Å². The van der Waals surface area contributed by atoms with E-state index in [4.69, 9.17) is 4.74 Å². The lowest BCUT2D eigenvalue weighted by Crippen LogP contribution is -2.35. The molecule has 3 unspecified atom stereocenters. The van der Waals surface area contributed by atoms with Gasteiger partial charge in [0.15, 0.2) is 0 Å². The average molecular weight is 804 g/mol. The van der Waals surface area contributed by atoms with Gasteiger partial charge in [-0.1, -0.05) is 85.3 Å². The lowest BCUT2D eigenvalue weighted by atomic mass is 10.0. The summed E-state index contributed by atoms with van der Waals surface area (Å²) in [6, 6.07) is 32.4. The molecule has 2 aliphatic rings. The summed E-state index contributed by atoms with van der Waals surface area (Å²) in [5.41, 5.74) is 6.01. The number of amides is 2. The zero-order chi connectivity index (χ0) is 41.6. The van der Waals surface area contributed by atoms with Gasteiger partial charge in [0, 0.05) is 63.3 Å². The maximum atomic E-state index is 12.5. The summed E-state index contributed by atoms with van der Waals surface area (Å²) in [6.07, 6.45) is 4.08. The van der Waals surface area contributed by atoms with Gasteiger partial charge < -0.3 is 34.9 Å². The van der Waals surface area contributed by atoms with E-state index in [1.165, 1.54) is 62.7 Å². The van der Waals surface area contributed by atoms with E-state index < -0.39 is 12.2 Å². The van der Waals surface area contributed by atoms with Gasteiger partial charge in [0.25, 0.3) is 0 Å². The molecule has 0 radical (unpaired) electrons. The Hall–Kier alpha value is -5.53. The number of carbonyl (C=O) groups is 2. The van der Waals surface area contributed by atoms with Crippen molar-refractivity contribution in [2.24, 2.45) is 11.8 Å². The van der Waals surface area contributed by atoms with Crippen molar-refractivity contribution in [3.8, 4) is 16.9 Å². The van der Waals surface area contributed by atoms with Gasteiger partial charge in [-0.15, -0.1) is 0 Å². The molecule has 12 heteroatoms. The number of benzene rings is 4. The molecule has 1 aliphatic carbocycles. The van der Waals surface area contributed by atoms with E-state index in [2.05, 4.69) is 49.5 Å². The van der Waals surface area contributed by atoms with Crippen molar-refractivity contribution in [1.29, 1.82) is 0 Å². The fourth-order valence-electron chi connectivity index (χ4n) is 8.14. The minimum Gasteiger partial charge on any atom is -0.506 e. The molecule has 5 N–H and O–H groups in total. The third-order valence-electron chi connectivity index (χ3n) is 11.3. The Bertz CT molecular complexity index is 2180. The van der Waals surface area contributed by atoms with Crippen LogP contribution < -0.4 is 16.2 Å². The van der Waals surface area contributed by atoms with E-state index >= 15 is 0 Å². The molecule has 1 aliphatic heterocycles. The van der Waals surface area contributed by atoms with Crippen LogP contribution in [-0.2, 0) is 27.2 Å². The number of fused-ring (bicyclic) bond motifs is 2. The Balaban J connectivity index is 0.000000287. The van der Waals surface area contributed by atoms with E-state index in [1.807, 2.05) is 54.6 Å². The highest BCUT2D eigenvalue weighted by Gasteiger charge is 2.35. The summed E-state index contributed by atoms with van der Waals surface area (Å²) in [6.45, 7) is 5.80. The molecule has 1 saturated carbocycles. The van der Waals surface area contributed by atoms with Crippen molar-refractivity contribution in [1.82, 2.24) is 20.1 Å². The number of phenolic OH excluding ortho intramolecular Hbond substituents is 1. The zero-order valence-electron chi connectivity index (χ0n) is 34.1. The second-order valence-corrected chi connectivity index (χ2v) is 15.4. The SMILES string of the molecule is CN(CCNCC(O)c1ccc(O)c2[nH]c(=O)ccc12)C(=O)CCOCCc1cccc(CN2CC3CCCC3C2)c1.COC(=O)Nc1ccccc1-c1ccccc1. The number of nitrogens with zero attached hydrogens (tertiary/aromatic N) is 2. The van der Waals surface area contributed by atoms with E-state index in [0.717, 1.165) is 41.6 Å². The van der Waals surface area contributed by atoms with Crippen LogP contribution in [0.3, 0.4) is 0 Å². The summed E-state index contributed by atoms with van der Waals surface area (Å²) in [4.78, 5) is 42.3. The monoisotopic (exact) mass is 803 g/mol. The van der Waals surface area contributed by atoms with Gasteiger partial charge in [0.1, 0.15) is 5.75 Å². The molecule has 5 aromatic rings. The van der Waals surface area contributed by atoms with Crippen LogP contribution in [0.4, 0.5) is 10.5 Å². The first-order valence-electron chi connectivity index (χ1n) is 20.5. The van der Waals surface area contributed by atoms with Crippen molar-refractivity contribution >= 4 is 28.6 Å². The van der Waals surface area contributed by atoms with Crippen LogP contribution in [0.25, 0.3) is 22.0 Å². The summed E-state index contributed by atoms with van der Waals surface area (Å²) in [5.74, 6) is 1.81. The number of aromatic hydroxyl groups is 1. The minimum atomic E-state index is -0.839. The Labute approximate surface area is 346 Å². The number of rotatable bonds is 16. The number of aliphatic hydroxyl groups excluding tert-OH is 1. The number of pyridine rings is 1. The second-order valence-electron chi connectivity index (χ2n) is 15.4. The number of para-hydroxylation sites is 1. The zero-order valence-corrected chi connectivity index (χ0v) is 34.1. The quantitative estimate of drug-likeness (QED) is 0.0683. The molecule has 2 amide bonds. The molecule has 1 saturated heterocycles. The average Bonchev–Trinajstić information content (AvgIpc) is 3.85. The number of hydrogen-bond acceptors (Lipinski definition) is 9. The molecule has 1 aromatic heterocycles. The van der Waals surface area contributed by atoms with Crippen LogP contribution in [0.5, 0.6) is 5.75 Å². The number of likely N-dealkylation sites (N-methyl/N-ethyl adjacent to an activating group) is 1. The largest absolute Gasteiger partial charge is 0.506 e. The first-order chi connectivity index (χ1) is 28.7. The van der Waals surface area contributed by atoms with Crippen LogP contribution >= 0.6 is 0 Å². The minimum absolute atomic E-state index is 0.0169. The number of phenols is 1. The molecule has 59 heavy (non-hydrogen) atoms. The number of aromatic amines is 1. The summed E-state index contributed by atoms with van der Waals surface area (Å²) < 4.78 is 10.4. The number of anilines is 1. The molecule has 0 bridgehead atoms. The molecule has 12 nitrogen and oxygen atoms in total. The maximum Gasteiger partial charge on any atom is 0.411 e. The first kappa shape index (κ1) is 43.1.